The summed E-state index contributed by atoms with van der Waals surface area (Å²) in [6.45, 7) is 5.20. The maximum atomic E-state index is 5.55. The van der Waals surface area contributed by atoms with E-state index in [0.717, 1.165) is 11.5 Å². The summed E-state index contributed by atoms with van der Waals surface area (Å²) in [5.41, 5.74) is 6.52. The van der Waals surface area contributed by atoms with Gasteiger partial charge in [0.1, 0.15) is 12.2 Å². The van der Waals surface area contributed by atoms with E-state index >= 15 is 0 Å². The van der Waals surface area contributed by atoms with Gasteiger partial charge in [-0.05, 0) is 19.9 Å². The quantitative estimate of drug-likeness (QED) is 0.817. The van der Waals surface area contributed by atoms with E-state index in [2.05, 4.69) is 29.0 Å². The highest BCUT2D eigenvalue weighted by molar-refractivity contribution is 5.01. The first-order chi connectivity index (χ1) is 7.70. The zero-order valence-electron chi connectivity index (χ0n) is 9.54. The monoisotopic (exact) mass is 220 g/mol. The number of hydrogen-bond donors (Lipinski definition) is 1. The zero-order valence-corrected chi connectivity index (χ0v) is 9.54. The zero-order chi connectivity index (χ0) is 11.5. The van der Waals surface area contributed by atoms with Crippen molar-refractivity contribution >= 4 is 0 Å². The van der Waals surface area contributed by atoms with Gasteiger partial charge in [0.2, 0.25) is 0 Å². The van der Waals surface area contributed by atoms with Gasteiger partial charge in [0, 0.05) is 12.2 Å². The second-order valence-electron chi connectivity index (χ2n) is 3.92. The third kappa shape index (κ3) is 2.11. The highest BCUT2D eigenvalue weighted by atomic mass is 15.4. The lowest BCUT2D eigenvalue weighted by Gasteiger charge is -2.04. The Morgan fingerprint density at radius 1 is 1.44 bits per heavy atom. The van der Waals surface area contributed by atoms with Crippen LogP contribution >= 0.6 is 0 Å². The molecule has 0 aliphatic carbocycles. The molecule has 0 unspecified atom stereocenters. The van der Waals surface area contributed by atoms with Crippen molar-refractivity contribution in [3.63, 3.8) is 0 Å². The van der Waals surface area contributed by atoms with Crippen molar-refractivity contribution < 1.29 is 0 Å². The Hall–Kier alpha value is -1.69. The van der Waals surface area contributed by atoms with Gasteiger partial charge in [0.05, 0.1) is 18.8 Å². The molecule has 0 fully saturated rings. The number of hydrogen-bond acceptors (Lipinski definition) is 4. The molecule has 0 amide bonds. The van der Waals surface area contributed by atoms with E-state index in [1.807, 2.05) is 16.9 Å². The lowest BCUT2D eigenvalue weighted by Crippen LogP contribution is -2.11. The molecule has 0 bridgehead atoms. The molecule has 2 heterocycles. The van der Waals surface area contributed by atoms with Crippen molar-refractivity contribution in [1.82, 2.24) is 24.5 Å². The Morgan fingerprint density at radius 3 is 2.88 bits per heavy atom. The molecular formula is C10H16N6. The lowest BCUT2D eigenvalue weighted by molar-refractivity contribution is 0.518. The van der Waals surface area contributed by atoms with Gasteiger partial charge in [-0.25, -0.2) is 9.67 Å². The van der Waals surface area contributed by atoms with Crippen LogP contribution in [-0.2, 0) is 13.1 Å². The molecule has 0 atom stereocenters. The summed E-state index contributed by atoms with van der Waals surface area (Å²) in [6, 6.07) is 2.36. The summed E-state index contributed by atoms with van der Waals surface area (Å²) in [4.78, 5) is 4.07. The van der Waals surface area contributed by atoms with Crippen LogP contribution in [0.3, 0.4) is 0 Å². The minimum atomic E-state index is 0.374. The number of rotatable bonds is 4. The number of aromatic nitrogens is 5. The van der Waals surface area contributed by atoms with Gasteiger partial charge in [-0.2, -0.15) is 10.2 Å². The summed E-state index contributed by atoms with van der Waals surface area (Å²) >= 11 is 0. The van der Waals surface area contributed by atoms with Crippen LogP contribution in [-0.4, -0.2) is 24.5 Å². The van der Waals surface area contributed by atoms with Crippen molar-refractivity contribution in [2.45, 2.75) is 33.0 Å². The molecule has 0 saturated carbocycles. The molecule has 0 spiro atoms. The third-order valence-corrected chi connectivity index (χ3v) is 2.38. The summed E-state index contributed by atoms with van der Waals surface area (Å²) in [5, 5.41) is 8.56. The maximum absolute atomic E-state index is 5.55. The molecule has 0 saturated heterocycles. The van der Waals surface area contributed by atoms with E-state index in [4.69, 9.17) is 5.73 Å². The summed E-state index contributed by atoms with van der Waals surface area (Å²) < 4.78 is 3.70. The van der Waals surface area contributed by atoms with E-state index < -0.39 is 0 Å². The predicted molar refractivity (Wildman–Crippen MR) is 59.6 cm³/mol. The largest absolute Gasteiger partial charge is 0.324 e. The van der Waals surface area contributed by atoms with Crippen molar-refractivity contribution in [3.8, 4) is 0 Å². The Balaban J connectivity index is 2.14. The minimum Gasteiger partial charge on any atom is -0.324 e. The fourth-order valence-electron chi connectivity index (χ4n) is 1.48. The molecule has 2 N–H and O–H groups in total. The van der Waals surface area contributed by atoms with E-state index in [1.54, 1.807) is 4.68 Å². The topological polar surface area (TPSA) is 74.5 Å². The van der Waals surface area contributed by atoms with Crippen molar-refractivity contribution in [2.24, 2.45) is 5.73 Å². The van der Waals surface area contributed by atoms with Gasteiger partial charge in [-0.1, -0.05) is 0 Å². The number of nitrogens with zero attached hydrogens (tertiary/aromatic N) is 5. The van der Waals surface area contributed by atoms with Crippen LogP contribution in [0.15, 0.2) is 18.6 Å². The van der Waals surface area contributed by atoms with Crippen LogP contribution < -0.4 is 5.73 Å². The third-order valence-electron chi connectivity index (χ3n) is 2.38. The predicted octanol–water partition coefficient (Wildman–Crippen LogP) is 0.562. The van der Waals surface area contributed by atoms with Gasteiger partial charge in [-0.3, -0.25) is 4.68 Å². The van der Waals surface area contributed by atoms with Crippen molar-refractivity contribution in [2.75, 3.05) is 0 Å². The average Bonchev–Trinajstić information content (AvgIpc) is 2.87. The fourth-order valence-corrected chi connectivity index (χ4v) is 1.48. The van der Waals surface area contributed by atoms with E-state index in [0.29, 0.717) is 19.1 Å². The summed E-state index contributed by atoms with van der Waals surface area (Å²) in [5.74, 6) is 0.777. The van der Waals surface area contributed by atoms with Crippen molar-refractivity contribution in [3.05, 3.63) is 30.1 Å². The Labute approximate surface area is 94.1 Å². The van der Waals surface area contributed by atoms with Crippen LogP contribution in [0.1, 0.15) is 31.4 Å². The normalized spacial score (nSPS) is 11.2. The number of nitrogens with two attached hydrogens (primary N) is 1. The van der Waals surface area contributed by atoms with E-state index in [1.165, 1.54) is 6.33 Å². The molecule has 0 aromatic carbocycles. The highest BCUT2D eigenvalue weighted by Gasteiger charge is 2.06. The summed E-state index contributed by atoms with van der Waals surface area (Å²) in [7, 11) is 0. The highest BCUT2D eigenvalue weighted by Crippen LogP contribution is 2.06. The molecular weight excluding hydrogens is 204 g/mol. The fraction of sp³-hybridized carbons (Fsp3) is 0.500. The standard InChI is InChI=1S/C10H16N6/c1-8(2)15-4-3-9(14-15)6-16-10(5-11)12-7-13-16/h3-4,7-8H,5-6,11H2,1-2H3. The average molecular weight is 220 g/mol. The Morgan fingerprint density at radius 2 is 2.25 bits per heavy atom. The van der Waals surface area contributed by atoms with Gasteiger partial charge >= 0.3 is 0 Å². The molecule has 16 heavy (non-hydrogen) atoms. The van der Waals surface area contributed by atoms with Crippen LogP contribution in [0.4, 0.5) is 0 Å². The van der Waals surface area contributed by atoms with Crippen LogP contribution in [0.2, 0.25) is 0 Å². The minimum absolute atomic E-state index is 0.374. The van der Waals surface area contributed by atoms with Crippen LogP contribution in [0.25, 0.3) is 0 Å². The van der Waals surface area contributed by atoms with Crippen LogP contribution in [0.5, 0.6) is 0 Å². The SMILES string of the molecule is CC(C)n1ccc(Cn2ncnc2CN)n1. The Bertz CT molecular complexity index is 455. The molecule has 86 valence electrons. The van der Waals surface area contributed by atoms with E-state index in [-0.39, 0.29) is 0 Å². The van der Waals surface area contributed by atoms with Crippen LogP contribution in [0, 0.1) is 0 Å². The molecule has 2 aromatic rings. The molecule has 6 heteroatoms. The van der Waals surface area contributed by atoms with Gasteiger partial charge < -0.3 is 5.73 Å². The second kappa shape index (κ2) is 4.44. The van der Waals surface area contributed by atoms with Gasteiger partial charge in [0.15, 0.2) is 0 Å². The van der Waals surface area contributed by atoms with Crippen molar-refractivity contribution in [1.29, 1.82) is 0 Å². The summed E-state index contributed by atoms with van der Waals surface area (Å²) in [6.07, 6.45) is 3.49. The first-order valence-electron chi connectivity index (χ1n) is 5.31. The van der Waals surface area contributed by atoms with Gasteiger partial charge in [-0.15, -0.1) is 0 Å². The molecule has 0 aliphatic rings. The first kappa shape index (κ1) is 10.8. The second-order valence-corrected chi connectivity index (χ2v) is 3.92. The molecule has 6 nitrogen and oxygen atoms in total. The maximum Gasteiger partial charge on any atom is 0.141 e. The molecule has 2 aromatic heterocycles. The lowest BCUT2D eigenvalue weighted by atomic mass is 10.4. The smallest absolute Gasteiger partial charge is 0.141 e. The van der Waals surface area contributed by atoms with Gasteiger partial charge in [0.25, 0.3) is 0 Å². The van der Waals surface area contributed by atoms with E-state index in [9.17, 15) is 0 Å². The Kier molecular flexibility index (Phi) is 3.00. The molecule has 0 radical (unpaired) electrons. The first-order valence-corrected chi connectivity index (χ1v) is 5.31. The molecule has 0 aliphatic heterocycles. The molecule has 2 rings (SSSR count).